The van der Waals surface area contributed by atoms with Gasteiger partial charge in [0.25, 0.3) is 0 Å². The van der Waals surface area contributed by atoms with Gasteiger partial charge in [0.15, 0.2) is 0 Å². The number of nitrogens with zero attached hydrogens (tertiary/aromatic N) is 2. The van der Waals surface area contributed by atoms with Crippen molar-refractivity contribution in [1.29, 1.82) is 0 Å². The molecule has 0 fully saturated rings. The predicted octanol–water partition coefficient (Wildman–Crippen LogP) is -0.614. The fourth-order valence-corrected chi connectivity index (χ4v) is 0.367. The molecule has 0 atom stereocenters. The van der Waals surface area contributed by atoms with Gasteiger partial charge in [0.05, 0.1) is 0 Å². The van der Waals surface area contributed by atoms with E-state index in [1.807, 2.05) is 0 Å². The van der Waals surface area contributed by atoms with Crippen molar-refractivity contribution in [2.75, 3.05) is 0 Å². The van der Waals surface area contributed by atoms with E-state index >= 15 is 0 Å². The molecular weight excluding hydrogens is 125 g/mol. The summed E-state index contributed by atoms with van der Waals surface area (Å²) in [5.41, 5.74) is 0. The first-order chi connectivity index (χ1) is 2.41. The van der Waals surface area contributed by atoms with E-state index in [-0.39, 0.29) is 0 Å². The Morgan fingerprint density at radius 3 is 1.60 bits per heavy atom. The molecule has 0 saturated heterocycles. The Kier molecular flexibility index (Phi) is 3.79. The number of hydrogen-bond acceptors (Lipinski definition) is 2. The second kappa shape index (κ2) is 3.88. The molecule has 0 aliphatic heterocycles. The fraction of sp³-hybridized carbons (Fsp3) is 0. The zero-order chi connectivity index (χ0) is 4.12. The van der Waals surface area contributed by atoms with Crippen LogP contribution in [0.25, 0.3) is 0 Å². The van der Waals surface area contributed by atoms with Gasteiger partial charge in [0.1, 0.15) is 0 Å². The molecule has 5 heavy (non-hydrogen) atoms. The molecule has 0 rings (SSSR count). The molecule has 28 valence electrons. The summed E-state index contributed by atoms with van der Waals surface area (Å²) < 4.78 is 7.12. The third-order valence-electron chi connectivity index (χ3n) is 0.200. The maximum atomic E-state index is 3.56. The Morgan fingerprint density at radius 1 is 1.20 bits per heavy atom. The Bertz CT molecular complexity index is 36.9. The van der Waals surface area contributed by atoms with Crippen LogP contribution in [-0.4, -0.2) is 29.3 Å². The van der Waals surface area contributed by atoms with E-state index in [2.05, 4.69) is 21.3 Å². The van der Waals surface area contributed by atoms with Gasteiger partial charge >= 0.3 is 37.2 Å². The van der Waals surface area contributed by atoms with Gasteiger partial charge in [-0.15, -0.1) is 0 Å². The molecule has 0 radical (unpaired) electrons. The topological polar surface area (TPSA) is 24.7 Å². The van der Waals surface area contributed by atoms with Gasteiger partial charge in [0, 0.05) is 0 Å². The summed E-state index contributed by atoms with van der Waals surface area (Å²) in [4.78, 5) is 0. The van der Waals surface area contributed by atoms with E-state index < -0.39 is 15.9 Å². The molecule has 0 aliphatic rings. The van der Waals surface area contributed by atoms with E-state index in [1.54, 1.807) is 0 Å². The van der Waals surface area contributed by atoms with Gasteiger partial charge in [-0.25, -0.2) is 0 Å². The average Bonchev–Trinajstić information content (AvgIpc) is 1.41. The summed E-state index contributed by atoms with van der Waals surface area (Å²) in [6.07, 6.45) is 0. The predicted molar refractivity (Wildman–Crippen MR) is 27.6 cm³/mol. The zero-order valence-corrected chi connectivity index (χ0v) is 5.98. The van der Waals surface area contributed by atoms with Gasteiger partial charge in [-0.1, -0.05) is 0 Å². The third kappa shape index (κ3) is 3.88. The van der Waals surface area contributed by atoms with Crippen molar-refractivity contribution in [1.82, 2.24) is 0 Å². The van der Waals surface area contributed by atoms with Crippen molar-refractivity contribution >= 4 is 29.3 Å². The van der Waals surface area contributed by atoms with Crippen molar-refractivity contribution in [2.24, 2.45) is 7.90 Å². The van der Waals surface area contributed by atoms with E-state index in [4.69, 9.17) is 0 Å². The quantitative estimate of drug-likeness (QED) is 0.352. The van der Waals surface area contributed by atoms with Gasteiger partial charge in [-0.3, -0.25) is 0 Å². The van der Waals surface area contributed by atoms with Crippen LogP contribution in [0.1, 0.15) is 0 Å². The molecule has 0 aromatic carbocycles. The van der Waals surface area contributed by atoms with Crippen LogP contribution in [0, 0.1) is 0 Å². The molecule has 0 aromatic rings. The Balaban J connectivity index is 2.65. The second-order valence-electron chi connectivity index (χ2n) is 0.589. The first-order valence-corrected chi connectivity index (χ1v) is 3.92. The first kappa shape index (κ1) is 4.88. The molecule has 0 saturated carbocycles. The van der Waals surface area contributed by atoms with Crippen molar-refractivity contribution < 1.29 is 0 Å². The van der Waals surface area contributed by atoms with Crippen molar-refractivity contribution in [3.63, 3.8) is 0 Å². The van der Waals surface area contributed by atoms with Gasteiger partial charge < -0.3 is 0 Å². The molecular formula is C2H6GeN2. The zero-order valence-electron chi connectivity index (χ0n) is 3.02. The van der Waals surface area contributed by atoms with Crippen LogP contribution in [0.15, 0.2) is 7.90 Å². The Morgan fingerprint density at radius 2 is 1.60 bits per heavy atom. The SMILES string of the molecule is C=[N][GeH2][N]=C. The van der Waals surface area contributed by atoms with Crippen LogP contribution in [0.5, 0.6) is 0 Å². The van der Waals surface area contributed by atoms with Gasteiger partial charge in [0.2, 0.25) is 0 Å². The molecule has 0 aromatic heterocycles. The monoisotopic (exact) mass is 132 g/mol. The molecule has 0 spiro atoms. The standard InChI is InChI=1S/C2H6GeN2/c1-4-3-5-2/h1-3H2. The van der Waals surface area contributed by atoms with E-state index in [0.717, 1.165) is 0 Å². The summed E-state index contributed by atoms with van der Waals surface area (Å²) >= 11 is -0.875. The van der Waals surface area contributed by atoms with Gasteiger partial charge in [-0.05, 0) is 0 Å². The Hall–Kier alpha value is -0.117. The average molecular weight is 131 g/mol. The Labute approximate surface area is 37.9 Å². The van der Waals surface area contributed by atoms with Crippen LogP contribution in [0.2, 0.25) is 0 Å². The summed E-state index contributed by atoms with van der Waals surface area (Å²) in [5.74, 6) is 0. The molecule has 0 unspecified atom stereocenters. The molecule has 3 heteroatoms. The van der Waals surface area contributed by atoms with Crippen molar-refractivity contribution in [3.05, 3.63) is 0 Å². The minimum absolute atomic E-state index is 0.875. The van der Waals surface area contributed by atoms with Crippen LogP contribution in [-0.2, 0) is 0 Å². The molecule has 0 N–H and O–H groups in total. The van der Waals surface area contributed by atoms with Crippen LogP contribution in [0.3, 0.4) is 0 Å². The molecule has 0 amide bonds. The summed E-state index contributed by atoms with van der Waals surface area (Å²) in [6.45, 7) is 6.50. The summed E-state index contributed by atoms with van der Waals surface area (Å²) in [6, 6.07) is 0. The van der Waals surface area contributed by atoms with Crippen molar-refractivity contribution in [3.8, 4) is 0 Å². The van der Waals surface area contributed by atoms with E-state index in [9.17, 15) is 0 Å². The fourth-order valence-electron chi connectivity index (χ4n) is 0.0707. The van der Waals surface area contributed by atoms with Crippen LogP contribution >= 0.6 is 0 Å². The first-order valence-electron chi connectivity index (χ1n) is 1.26. The van der Waals surface area contributed by atoms with Crippen molar-refractivity contribution in [2.45, 2.75) is 0 Å². The number of rotatable bonds is 2. The third-order valence-corrected chi connectivity index (χ3v) is 1.04. The normalized spacial score (nSPS) is 6.40. The summed E-state index contributed by atoms with van der Waals surface area (Å²) in [7, 11) is 0. The molecule has 0 heterocycles. The molecule has 0 bridgehead atoms. The maximum absolute atomic E-state index is 3.56. The van der Waals surface area contributed by atoms with Crippen LogP contribution in [0.4, 0.5) is 0 Å². The minimum atomic E-state index is -0.875. The summed E-state index contributed by atoms with van der Waals surface area (Å²) in [5, 5.41) is 0. The second-order valence-corrected chi connectivity index (χ2v) is 3.06. The van der Waals surface area contributed by atoms with Crippen LogP contribution < -0.4 is 0 Å². The van der Waals surface area contributed by atoms with Gasteiger partial charge in [-0.2, -0.15) is 0 Å². The molecule has 2 nitrogen and oxygen atoms in total. The number of hydrogen-bond donors (Lipinski definition) is 0. The molecule has 0 aliphatic carbocycles. The van der Waals surface area contributed by atoms with E-state index in [1.165, 1.54) is 0 Å². The van der Waals surface area contributed by atoms with E-state index in [0.29, 0.717) is 0 Å².